The molecule has 1 aliphatic carbocycles. The van der Waals surface area contributed by atoms with Crippen molar-refractivity contribution in [3.05, 3.63) is 36.0 Å². The van der Waals surface area contributed by atoms with E-state index in [0.717, 1.165) is 18.0 Å². The minimum Gasteiger partial charge on any atom is -0.347 e. The van der Waals surface area contributed by atoms with Crippen molar-refractivity contribution in [3.63, 3.8) is 0 Å². The lowest BCUT2D eigenvalue weighted by atomic mass is 9.89. The molecule has 2 aromatic rings. The number of hydrogen-bond acceptors (Lipinski definition) is 2. The predicted octanol–water partition coefficient (Wildman–Crippen LogP) is 3.88. The van der Waals surface area contributed by atoms with Crippen molar-refractivity contribution in [2.45, 2.75) is 38.6 Å². The topological polar surface area (TPSA) is 37.2 Å². The molecule has 0 aliphatic heterocycles. The highest BCUT2D eigenvalue weighted by atomic mass is 32.1. The van der Waals surface area contributed by atoms with E-state index < -0.39 is 0 Å². The maximum absolute atomic E-state index is 8.94. The maximum atomic E-state index is 8.94. The summed E-state index contributed by atoms with van der Waals surface area (Å²) in [7, 11) is 0. The van der Waals surface area contributed by atoms with E-state index in [1.165, 1.54) is 43.0 Å². The summed E-state index contributed by atoms with van der Waals surface area (Å²) < 4.78 is 2.33. The van der Waals surface area contributed by atoms with Crippen molar-refractivity contribution < 1.29 is 5.21 Å². The summed E-state index contributed by atoms with van der Waals surface area (Å²) in [6.07, 6.45) is 8.98. The number of rotatable bonds is 3. The van der Waals surface area contributed by atoms with Gasteiger partial charge in [-0.2, -0.15) is 0 Å². The van der Waals surface area contributed by atoms with Gasteiger partial charge >= 0.3 is 0 Å². The Labute approximate surface area is 124 Å². The number of hydrogen-bond donors (Lipinski definition) is 2. The summed E-state index contributed by atoms with van der Waals surface area (Å²) in [6, 6.07) is 8.21. The van der Waals surface area contributed by atoms with Crippen molar-refractivity contribution in [1.82, 2.24) is 10.0 Å². The van der Waals surface area contributed by atoms with Crippen molar-refractivity contribution in [1.29, 1.82) is 0 Å². The van der Waals surface area contributed by atoms with Gasteiger partial charge in [0.2, 0.25) is 0 Å². The molecule has 1 fully saturated rings. The number of benzene rings is 1. The molecule has 1 aromatic carbocycles. The number of fused-ring (bicyclic) bond motifs is 1. The van der Waals surface area contributed by atoms with E-state index in [1.54, 1.807) is 0 Å². The summed E-state index contributed by atoms with van der Waals surface area (Å²) in [4.78, 5) is 0.373. The Morgan fingerprint density at radius 1 is 1.25 bits per heavy atom. The van der Waals surface area contributed by atoms with E-state index in [0.29, 0.717) is 4.99 Å². The van der Waals surface area contributed by atoms with E-state index in [2.05, 4.69) is 34.4 Å². The Morgan fingerprint density at radius 3 is 2.80 bits per heavy atom. The molecular formula is C16H20N2OS. The lowest BCUT2D eigenvalue weighted by Gasteiger charge is -2.22. The zero-order valence-electron chi connectivity index (χ0n) is 11.5. The highest BCUT2D eigenvalue weighted by Crippen LogP contribution is 2.27. The third-order valence-corrected chi connectivity index (χ3v) is 4.64. The molecule has 20 heavy (non-hydrogen) atoms. The van der Waals surface area contributed by atoms with Crippen LogP contribution < -0.4 is 5.48 Å². The van der Waals surface area contributed by atoms with Gasteiger partial charge in [-0.15, -0.1) is 0 Å². The van der Waals surface area contributed by atoms with Gasteiger partial charge in [0.1, 0.15) is 4.99 Å². The molecule has 2 N–H and O–H groups in total. The first-order valence-electron chi connectivity index (χ1n) is 7.31. The van der Waals surface area contributed by atoms with Crippen LogP contribution in [0.5, 0.6) is 0 Å². The van der Waals surface area contributed by atoms with Crippen LogP contribution in [0, 0.1) is 5.92 Å². The molecule has 0 saturated heterocycles. The van der Waals surface area contributed by atoms with Crippen LogP contribution >= 0.6 is 12.2 Å². The average molecular weight is 288 g/mol. The molecule has 0 spiro atoms. The minimum absolute atomic E-state index is 0.373. The smallest absolute Gasteiger partial charge is 0.130 e. The van der Waals surface area contributed by atoms with Gasteiger partial charge in [0.15, 0.2) is 0 Å². The number of thiocarbonyl (C=S) groups is 1. The standard InChI is InChI=1S/C16H20N2OS/c19-17-16(20)14-7-6-13-8-9-18(15(13)10-14)11-12-4-2-1-3-5-12/h6-10,12,19H,1-5,11H2,(H,17,20). The maximum Gasteiger partial charge on any atom is 0.130 e. The van der Waals surface area contributed by atoms with Gasteiger partial charge in [0.05, 0.1) is 0 Å². The molecule has 0 atom stereocenters. The van der Waals surface area contributed by atoms with E-state index in [4.69, 9.17) is 17.4 Å². The zero-order valence-corrected chi connectivity index (χ0v) is 12.3. The molecule has 0 unspecified atom stereocenters. The highest BCUT2D eigenvalue weighted by molar-refractivity contribution is 7.80. The Balaban J connectivity index is 1.88. The van der Waals surface area contributed by atoms with Crippen LogP contribution in [0.25, 0.3) is 10.9 Å². The van der Waals surface area contributed by atoms with Gasteiger partial charge < -0.3 is 4.57 Å². The molecule has 0 radical (unpaired) electrons. The van der Waals surface area contributed by atoms with E-state index in [-0.39, 0.29) is 0 Å². The fraction of sp³-hybridized carbons (Fsp3) is 0.438. The first-order chi connectivity index (χ1) is 9.78. The summed E-state index contributed by atoms with van der Waals surface area (Å²) in [6.45, 7) is 1.09. The molecule has 106 valence electrons. The van der Waals surface area contributed by atoms with Crippen LogP contribution in [0.2, 0.25) is 0 Å². The van der Waals surface area contributed by atoms with Crippen molar-refractivity contribution in [2.75, 3.05) is 0 Å². The second-order valence-electron chi connectivity index (χ2n) is 5.69. The fourth-order valence-corrected chi connectivity index (χ4v) is 3.32. The lowest BCUT2D eigenvalue weighted by molar-refractivity contribution is 0.238. The molecule has 4 heteroatoms. The van der Waals surface area contributed by atoms with Gasteiger partial charge in [-0.25, -0.2) is 0 Å². The number of hydroxylamine groups is 1. The Hall–Kier alpha value is -1.39. The third kappa shape index (κ3) is 2.72. The van der Waals surface area contributed by atoms with Crippen LogP contribution in [-0.2, 0) is 6.54 Å². The van der Waals surface area contributed by atoms with Crippen LogP contribution in [0.3, 0.4) is 0 Å². The molecule has 0 amide bonds. The van der Waals surface area contributed by atoms with Crippen LogP contribution in [0.1, 0.15) is 37.7 Å². The predicted molar refractivity (Wildman–Crippen MR) is 85.1 cm³/mol. The first kappa shape index (κ1) is 13.6. The molecule has 1 aliphatic rings. The second-order valence-corrected chi connectivity index (χ2v) is 6.09. The second kappa shape index (κ2) is 5.94. The molecule has 0 bridgehead atoms. The normalized spacial score (nSPS) is 16.4. The fourth-order valence-electron chi connectivity index (χ4n) is 3.20. The van der Waals surface area contributed by atoms with Gasteiger partial charge in [0, 0.05) is 23.8 Å². The van der Waals surface area contributed by atoms with Crippen LogP contribution in [0.15, 0.2) is 30.5 Å². The molecule has 1 aromatic heterocycles. The molecule has 1 heterocycles. The van der Waals surface area contributed by atoms with E-state index >= 15 is 0 Å². The summed E-state index contributed by atoms with van der Waals surface area (Å²) in [5, 5.41) is 10.2. The van der Waals surface area contributed by atoms with Crippen molar-refractivity contribution in [2.24, 2.45) is 5.92 Å². The van der Waals surface area contributed by atoms with Crippen LogP contribution in [0.4, 0.5) is 0 Å². The highest BCUT2D eigenvalue weighted by Gasteiger charge is 2.15. The summed E-state index contributed by atoms with van der Waals surface area (Å²) in [5.41, 5.74) is 4.12. The van der Waals surface area contributed by atoms with E-state index in [9.17, 15) is 0 Å². The van der Waals surface area contributed by atoms with Gasteiger partial charge in [0.25, 0.3) is 0 Å². The lowest BCUT2D eigenvalue weighted by Crippen LogP contribution is -2.17. The first-order valence-corrected chi connectivity index (χ1v) is 7.72. The zero-order chi connectivity index (χ0) is 13.9. The van der Waals surface area contributed by atoms with Crippen molar-refractivity contribution >= 4 is 28.1 Å². The Kier molecular flexibility index (Phi) is 4.03. The minimum atomic E-state index is 0.373. The summed E-state index contributed by atoms with van der Waals surface area (Å²) >= 11 is 5.09. The van der Waals surface area contributed by atoms with Gasteiger partial charge in [-0.3, -0.25) is 10.7 Å². The number of nitrogens with one attached hydrogen (secondary N) is 1. The molecule has 3 rings (SSSR count). The van der Waals surface area contributed by atoms with Gasteiger partial charge in [-0.05, 0) is 36.3 Å². The molecule has 1 saturated carbocycles. The van der Waals surface area contributed by atoms with Crippen molar-refractivity contribution in [3.8, 4) is 0 Å². The monoisotopic (exact) mass is 288 g/mol. The van der Waals surface area contributed by atoms with E-state index in [1.807, 2.05) is 6.07 Å². The Bertz CT molecular complexity index is 614. The van der Waals surface area contributed by atoms with Crippen LogP contribution in [-0.4, -0.2) is 14.8 Å². The SMILES string of the molecule is ONC(=S)c1ccc2ccn(CC3CCCCC3)c2c1. The summed E-state index contributed by atoms with van der Waals surface area (Å²) in [5.74, 6) is 0.797. The molecular weight excluding hydrogens is 268 g/mol. The quantitative estimate of drug-likeness (QED) is 0.665. The number of nitrogens with zero attached hydrogens (tertiary/aromatic N) is 1. The molecule has 3 nitrogen and oxygen atoms in total. The Morgan fingerprint density at radius 2 is 2.05 bits per heavy atom. The third-order valence-electron chi connectivity index (χ3n) is 4.32. The number of aromatic nitrogens is 1. The average Bonchev–Trinajstić information content (AvgIpc) is 2.90. The largest absolute Gasteiger partial charge is 0.347 e. The van der Waals surface area contributed by atoms with Gasteiger partial charge in [-0.1, -0.05) is 43.6 Å².